The Morgan fingerprint density at radius 2 is 2.07 bits per heavy atom. The molecule has 0 aromatic heterocycles. The van der Waals surface area contributed by atoms with Crippen molar-refractivity contribution in [3.63, 3.8) is 0 Å². The monoisotopic (exact) mass is 492 g/mol. The summed E-state index contributed by atoms with van der Waals surface area (Å²) < 4.78 is 11.7. The Balaban J connectivity index is 1.86. The smallest absolute Gasteiger partial charge is 0.266 e. The van der Waals surface area contributed by atoms with Gasteiger partial charge in [-0.25, -0.2) is 4.99 Å². The zero-order valence-electron chi connectivity index (χ0n) is 15.8. The lowest BCUT2D eigenvalue weighted by Crippen LogP contribution is -2.23. The number of hydrogen-bond donors (Lipinski definition) is 0. The van der Waals surface area contributed by atoms with Gasteiger partial charge in [-0.1, -0.05) is 30.3 Å². The van der Waals surface area contributed by atoms with Gasteiger partial charge in [-0.2, -0.15) is 0 Å². The molecule has 1 fully saturated rings. The van der Waals surface area contributed by atoms with Crippen molar-refractivity contribution in [2.75, 3.05) is 20.8 Å². The predicted octanol–water partition coefficient (Wildman–Crippen LogP) is 5.91. The third-order valence-corrected chi connectivity index (χ3v) is 6.27. The van der Waals surface area contributed by atoms with Crippen LogP contribution in [0.5, 0.6) is 11.5 Å². The number of thioether (sulfide) groups is 1. The van der Waals surface area contributed by atoms with Crippen molar-refractivity contribution in [3.05, 3.63) is 69.0 Å². The molecule has 2 aromatic carbocycles. The molecule has 0 spiro atoms. The number of amides is 1. The second-order valence-corrected chi connectivity index (χ2v) is 8.25. The SMILES string of the molecule is C=CCOc1ccc(/C=C2\SC(=Nc3ccc(Br)c(Cl)c3)N(C)C2=O)cc1OC. The molecule has 0 radical (unpaired) electrons. The highest BCUT2D eigenvalue weighted by Crippen LogP contribution is 2.36. The topological polar surface area (TPSA) is 51.1 Å². The normalized spacial score (nSPS) is 16.6. The number of methoxy groups -OCH3 is 1. The Bertz CT molecular complexity index is 1020. The summed E-state index contributed by atoms with van der Waals surface area (Å²) in [6.07, 6.45) is 3.47. The molecule has 8 heteroatoms. The first-order valence-corrected chi connectivity index (χ1v) is 10.5. The number of likely N-dealkylation sites (N-methyl/N-ethyl adjacent to an activating group) is 1. The van der Waals surface area contributed by atoms with Gasteiger partial charge in [0.05, 0.1) is 22.7 Å². The first kappa shape index (κ1) is 21.5. The average Bonchev–Trinajstić information content (AvgIpc) is 2.97. The number of halogens is 2. The summed E-state index contributed by atoms with van der Waals surface area (Å²) in [6.45, 7) is 4.02. The average molecular weight is 494 g/mol. The van der Waals surface area contributed by atoms with Gasteiger partial charge in [0.2, 0.25) is 0 Å². The molecule has 1 heterocycles. The number of carbonyl (C=O) groups excluding carboxylic acids is 1. The molecule has 29 heavy (non-hydrogen) atoms. The number of rotatable bonds is 6. The third-order valence-electron chi connectivity index (χ3n) is 3.97. The van der Waals surface area contributed by atoms with Gasteiger partial charge in [0, 0.05) is 11.5 Å². The van der Waals surface area contributed by atoms with Crippen LogP contribution in [0.1, 0.15) is 5.56 Å². The third kappa shape index (κ3) is 5.04. The summed E-state index contributed by atoms with van der Waals surface area (Å²) in [5.74, 6) is 1.08. The second kappa shape index (κ2) is 9.52. The summed E-state index contributed by atoms with van der Waals surface area (Å²) in [7, 11) is 3.27. The predicted molar refractivity (Wildman–Crippen MR) is 123 cm³/mol. The molecule has 3 rings (SSSR count). The highest BCUT2D eigenvalue weighted by Gasteiger charge is 2.30. The molecular formula is C21H18BrClN2O3S. The molecule has 1 aliphatic heterocycles. The minimum absolute atomic E-state index is 0.122. The van der Waals surface area contributed by atoms with Gasteiger partial charge in [0.15, 0.2) is 16.7 Å². The van der Waals surface area contributed by atoms with E-state index >= 15 is 0 Å². The zero-order valence-corrected chi connectivity index (χ0v) is 19.0. The summed E-state index contributed by atoms with van der Waals surface area (Å²) in [5, 5.41) is 1.14. The van der Waals surface area contributed by atoms with Crippen LogP contribution in [0.15, 0.2) is 63.4 Å². The quantitative estimate of drug-likeness (QED) is 0.371. The van der Waals surface area contributed by atoms with E-state index in [1.807, 2.05) is 24.3 Å². The van der Waals surface area contributed by atoms with E-state index in [9.17, 15) is 4.79 Å². The standard InChI is InChI=1S/C21H18BrClN2O3S/c1-4-9-28-17-8-5-13(10-18(17)27-3)11-19-20(26)25(2)21(29-19)24-14-6-7-15(22)16(23)12-14/h4-8,10-12H,1,9H2,2-3H3/b19-11-,24-21?. The number of carbonyl (C=O) groups is 1. The molecule has 0 N–H and O–H groups in total. The lowest BCUT2D eigenvalue weighted by molar-refractivity contribution is -0.121. The molecule has 0 bridgehead atoms. The van der Waals surface area contributed by atoms with Crippen molar-refractivity contribution in [1.82, 2.24) is 4.90 Å². The largest absolute Gasteiger partial charge is 0.493 e. The Kier molecular flexibility index (Phi) is 7.05. The van der Waals surface area contributed by atoms with Crippen LogP contribution in [0.3, 0.4) is 0 Å². The van der Waals surface area contributed by atoms with E-state index in [0.29, 0.717) is 38.9 Å². The molecular weight excluding hydrogens is 476 g/mol. The highest BCUT2D eigenvalue weighted by atomic mass is 79.9. The van der Waals surface area contributed by atoms with E-state index in [-0.39, 0.29) is 5.91 Å². The van der Waals surface area contributed by atoms with E-state index < -0.39 is 0 Å². The van der Waals surface area contributed by atoms with Gasteiger partial charge in [-0.3, -0.25) is 9.69 Å². The van der Waals surface area contributed by atoms with Crippen LogP contribution in [0.25, 0.3) is 6.08 Å². The van der Waals surface area contributed by atoms with Gasteiger partial charge in [0.1, 0.15) is 6.61 Å². The van der Waals surface area contributed by atoms with Crippen LogP contribution >= 0.6 is 39.3 Å². The van der Waals surface area contributed by atoms with Gasteiger partial charge in [0.25, 0.3) is 5.91 Å². The first-order chi connectivity index (χ1) is 13.9. The molecule has 1 saturated heterocycles. The van der Waals surface area contributed by atoms with Crippen LogP contribution in [-0.2, 0) is 4.79 Å². The number of amidine groups is 1. The molecule has 0 aliphatic carbocycles. The number of ether oxygens (including phenoxy) is 2. The maximum atomic E-state index is 12.6. The molecule has 2 aromatic rings. The molecule has 0 atom stereocenters. The van der Waals surface area contributed by atoms with E-state index in [0.717, 1.165) is 10.0 Å². The highest BCUT2D eigenvalue weighted by molar-refractivity contribution is 9.10. The van der Waals surface area contributed by atoms with Crippen molar-refractivity contribution < 1.29 is 14.3 Å². The fourth-order valence-corrected chi connectivity index (χ4v) is 3.92. The maximum Gasteiger partial charge on any atom is 0.266 e. The number of aliphatic imine (C=N–C) groups is 1. The Morgan fingerprint density at radius 3 is 2.76 bits per heavy atom. The van der Waals surface area contributed by atoms with E-state index in [1.54, 1.807) is 38.4 Å². The number of nitrogens with zero attached hydrogens (tertiary/aromatic N) is 2. The van der Waals surface area contributed by atoms with E-state index in [4.69, 9.17) is 21.1 Å². The van der Waals surface area contributed by atoms with Crippen LogP contribution in [0, 0.1) is 0 Å². The number of hydrogen-bond acceptors (Lipinski definition) is 5. The van der Waals surface area contributed by atoms with Crippen LogP contribution in [0.4, 0.5) is 5.69 Å². The summed E-state index contributed by atoms with van der Waals surface area (Å²) in [4.78, 5) is 19.3. The van der Waals surface area contributed by atoms with Gasteiger partial charge < -0.3 is 9.47 Å². The molecule has 1 aliphatic rings. The lowest BCUT2D eigenvalue weighted by Gasteiger charge is -2.10. The van der Waals surface area contributed by atoms with Crippen molar-refractivity contribution in [3.8, 4) is 11.5 Å². The van der Waals surface area contributed by atoms with Crippen LogP contribution in [0.2, 0.25) is 5.02 Å². The molecule has 1 amide bonds. The molecule has 5 nitrogen and oxygen atoms in total. The minimum atomic E-state index is -0.122. The molecule has 150 valence electrons. The summed E-state index contributed by atoms with van der Waals surface area (Å²) in [5.41, 5.74) is 1.50. The van der Waals surface area contributed by atoms with Crippen LogP contribution < -0.4 is 9.47 Å². The van der Waals surface area contributed by atoms with E-state index in [2.05, 4.69) is 27.5 Å². The van der Waals surface area contributed by atoms with Crippen molar-refractivity contribution >= 4 is 62.1 Å². The fraction of sp³-hybridized carbons (Fsp3) is 0.143. The number of benzene rings is 2. The lowest BCUT2D eigenvalue weighted by atomic mass is 10.2. The fourth-order valence-electron chi connectivity index (χ4n) is 2.51. The maximum absolute atomic E-state index is 12.6. The summed E-state index contributed by atoms with van der Waals surface area (Å²) in [6, 6.07) is 10.9. The van der Waals surface area contributed by atoms with E-state index in [1.165, 1.54) is 16.7 Å². The Hall–Kier alpha value is -2.22. The van der Waals surface area contributed by atoms with Gasteiger partial charge in [-0.15, -0.1) is 0 Å². The summed E-state index contributed by atoms with van der Waals surface area (Å²) >= 11 is 10.8. The molecule has 0 unspecified atom stereocenters. The van der Waals surface area contributed by atoms with Crippen molar-refractivity contribution in [2.45, 2.75) is 0 Å². The zero-order chi connectivity index (χ0) is 21.0. The molecule has 0 saturated carbocycles. The van der Waals surface area contributed by atoms with Gasteiger partial charge in [-0.05, 0) is 69.7 Å². The minimum Gasteiger partial charge on any atom is -0.493 e. The van der Waals surface area contributed by atoms with Gasteiger partial charge >= 0.3 is 0 Å². The van der Waals surface area contributed by atoms with Crippen LogP contribution in [-0.4, -0.2) is 36.7 Å². The second-order valence-electron chi connectivity index (χ2n) is 5.98. The first-order valence-electron chi connectivity index (χ1n) is 8.56. The Morgan fingerprint density at radius 1 is 1.28 bits per heavy atom. The van der Waals surface area contributed by atoms with Crippen molar-refractivity contribution in [2.24, 2.45) is 4.99 Å². The van der Waals surface area contributed by atoms with Crippen molar-refractivity contribution in [1.29, 1.82) is 0 Å². The Labute approximate surface area is 187 Å².